The van der Waals surface area contributed by atoms with Gasteiger partial charge in [-0.2, -0.15) is 5.26 Å². The average molecular weight is 312 g/mol. The first-order valence-corrected chi connectivity index (χ1v) is 7.65. The van der Waals surface area contributed by atoms with Crippen LogP contribution in [0.4, 0.5) is 0 Å². The molecule has 0 bridgehead atoms. The van der Waals surface area contributed by atoms with Crippen LogP contribution in [0.5, 0.6) is 5.75 Å². The minimum Gasteiger partial charge on any atom is -0.491 e. The summed E-state index contributed by atoms with van der Waals surface area (Å²) in [5.41, 5.74) is 2.22. The van der Waals surface area contributed by atoms with Gasteiger partial charge in [0.25, 0.3) is 0 Å². The van der Waals surface area contributed by atoms with Gasteiger partial charge >= 0.3 is 0 Å². The molecule has 1 atom stereocenters. The van der Waals surface area contributed by atoms with E-state index in [1.54, 1.807) is 6.07 Å². The Balaban J connectivity index is 2.24. The maximum absolute atomic E-state index is 9.37. The van der Waals surface area contributed by atoms with Crippen molar-refractivity contribution < 1.29 is 4.74 Å². The lowest BCUT2D eigenvalue weighted by atomic mass is 10.0. The highest BCUT2D eigenvalue weighted by molar-refractivity contribution is 6.32. The number of ether oxygens (including phenoxy) is 1. The van der Waals surface area contributed by atoms with Gasteiger partial charge in [-0.3, -0.25) is 0 Å². The molecule has 2 nitrogen and oxygen atoms in total. The molecule has 0 aliphatic rings. The number of hydrogen-bond donors (Lipinski definition) is 0. The van der Waals surface area contributed by atoms with Gasteiger partial charge in [0, 0.05) is 10.6 Å². The molecule has 112 valence electrons. The zero-order valence-electron chi connectivity index (χ0n) is 12.7. The monoisotopic (exact) mass is 311 g/mol. The molecule has 0 saturated carbocycles. The molecule has 2 aromatic rings. The number of allylic oxidation sites excluding steroid dienone is 1. The molecule has 22 heavy (non-hydrogen) atoms. The Morgan fingerprint density at radius 1 is 1.23 bits per heavy atom. The van der Waals surface area contributed by atoms with Crippen LogP contribution in [-0.2, 0) is 0 Å². The molecule has 0 aromatic heterocycles. The van der Waals surface area contributed by atoms with Crippen molar-refractivity contribution in [2.75, 3.05) is 0 Å². The topological polar surface area (TPSA) is 33.0 Å². The molecule has 2 rings (SSSR count). The van der Waals surface area contributed by atoms with Crippen LogP contribution in [0.25, 0.3) is 11.6 Å². The zero-order valence-corrected chi connectivity index (χ0v) is 13.5. The van der Waals surface area contributed by atoms with Crippen molar-refractivity contribution in [2.45, 2.75) is 26.4 Å². The number of rotatable bonds is 5. The fourth-order valence-corrected chi connectivity index (χ4v) is 2.21. The largest absolute Gasteiger partial charge is 0.491 e. The second kappa shape index (κ2) is 7.68. The summed E-state index contributed by atoms with van der Waals surface area (Å²) in [4.78, 5) is 0. The number of nitrogens with zero attached hydrogens (tertiary/aromatic N) is 1. The zero-order chi connectivity index (χ0) is 15.9. The van der Waals surface area contributed by atoms with Gasteiger partial charge in [0.15, 0.2) is 0 Å². The summed E-state index contributed by atoms with van der Waals surface area (Å²) in [6, 6.07) is 17.3. The number of halogens is 1. The van der Waals surface area contributed by atoms with Crippen molar-refractivity contribution in [3.05, 3.63) is 64.7 Å². The normalized spacial score (nSPS) is 12.5. The molecular formula is C19H18ClNO. The van der Waals surface area contributed by atoms with E-state index in [-0.39, 0.29) is 6.10 Å². The smallest absolute Gasteiger partial charge is 0.119 e. The first-order chi connectivity index (χ1) is 10.6. The van der Waals surface area contributed by atoms with E-state index in [0.29, 0.717) is 10.6 Å². The van der Waals surface area contributed by atoms with E-state index in [1.807, 2.05) is 55.5 Å². The minimum absolute atomic E-state index is 0.194. The summed E-state index contributed by atoms with van der Waals surface area (Å²) in [5.74, 6) is 0.836. The molecule has 0 heterocycles. The van der Waals surface area contributed by atoms with E-state index in [2.05, 4.69) is 13.0 Å². The first-order valence-electron chi connectivity index (χ1n) is 7.27. The highest BCUT2D eigenvalue weighted by atomic mass is 35.5. The highest BCUT2D eigenvalue weighted by Crippen LogP contribution is 2.25. The quantitative estimate of drug-likeness (QED) is 0.533. The van der Waals surface area contributed by atoms with Crippen molar-refractivity contribution >= 4 is 23.3 Å². The lowest BCUT2D eigenvalue weighted by Gasteiger charge is -2.12. The average Bonchev–Trinajstić information content (AvgIpc) is 2.55. The maximum Gasteiger partial charge on any atom is 0.119 e. The molecule has 0 aliphatic carbocycles. The van der Waals surface area contributed by atoms with Gasteiger partial charge in [-0.05, 0) is 43.2 Å². The highest BCUT2D eigenvalue weighted by Gasteiger charge is 2.06. The fraction of sp³-hybridized carbons (Fsp3) is 0.211. The van der Waals surface area contributed by atoms with Gasteiger partial charge in [-0.15, -0.1) is 0 Å². The minimum atomic E-state index is 0.194. The number of hydrogen-bond acceptors (Lipinski definition) is 2. The van der Waals surface area contributed by atoms with Crippen LogP contribution in [-0.4, -0.2) is 6.10 Å². The summed E-state index contributed by atoms with van der Waals surface area (Å²) in [7, 11) is 0. The van der Waals surface area contributed by atoms with E-state index in [0.717, 1.165) is 23.3 Å². The molecule has 0 aliphatic heterocycles. The van der Waals surface area contributed by atoms with Gasteiger partial charge in [0.2, 0.25) is 0 Å². The third-order valence-electron chi connectivity index (χ3n) is 3.39. The Kier molecular flexibility index (Phi) is 5.63. The summed E-state index contributed by atoms with van der Waals surface area (Å²) in [6.07, 6.45) is 2.99. The fourth-order valence-electron chi connectivity index (χ4n) is 1.97. The van der Waals surface area contributed by atoms with E-state index < -0.39 is 0 Å². The molecule has 2 aromatic carbocycles. The Hall–Kier alpha value is -2.24. The van der Waals surface area contributed by atoms with Gasteiger partial charge in [-0.1, -0.05) is 48.9 Å². The van der Waals surface area contributed by atoms with Gasteiger partial charge in [0.05, 0.1) is 17.7 Å². The summed E-state index contributed by atoms with van der Waals surface area (Å²) in [6.45, 7) is 4.13. The predicted octanol–water partition coefficient (Wildman–Crippen LogP) is 5.58. The van der Waals surface area contributed by atoms with Crippen LogP contribution in [0, 0.1) is 11.3 Å². The Morgan fingerprint density at radius 2 is 1.91 bits per heavy atom. The van der Waals surface area contributed by atoms with Crippen LogP contribution >= 0.6 is 11.6 Å². The lowest BCUT2D eigenvalue weighted by molar-refractivity contribution is 0.217. The molecule has 0 spiro atoms. The third-order valence-corrected chi connectivity index (χ3v) is 3.72. The Bertz CT molecular complexity index is 698. The third kappa shape index (κ3) is 4.13. The molecule has 0 radical (unpaired) electrons. The van der Waals surface area contributed by atoms with E-state index in [1.165, 1.54) is 0 Å². The van der Waals surface area contributed by atoms with E-state index in [9.17, 15) is 5.26 Å². The molecule has 1 unspecified atom stereocenters. The van der Waals surface area contributed by atoms with Crippen molar-refractivity contribution in [1.82, 2.24) is 0 Å². The van der Waals surface area contributed by atoms with Crippen molar-refractivity contribution in [3.63, 3.8) is 0 Å². The Labute approximate surface area is 136 Å². The summed E-state index contributed by atoms with van der Waals surface area (Å²) in [5, 5.41) is 9.95. The van der Waals surface area contributed by atoms with Crippen LogP contribution in [0.2, 0.25) is 5.02 Å². The van der Waals surface area contributed by atoms with Crippen molar-refractivity contribution in [2.24, 2.45) is 0 Å². The molecule has 0 N–H and O–H groups in total. The summed E-state index contributed by atoms with van der Waals surface area (Å²) < 4.78 is 5.75. The molecule has 0 fully saturated rings. The SMILES string of the molecule is CCC(C)Oc1ccc(C=C(C#N)c2ccccc2Cl)cc1. The standard InChI is InChI=1S/C19H18ClNO/c1-3-14(2)22-17-10-8-15(9-11-17)12-16(13-21)18-6-4-5-7-19(18)20/h4-12,14H,3H2,1-2H3. The van der Waals surface area contributed by atoms with Crippen LogP contribution in [0.15, 0.2) is 48.5 Å². The van der Waals surface area contributed by atoms with E-state index in [4.69, 9.17) is 16.3 Å². The molecular weight excluding hydrogens is 294 g/mol. The van der Waals surface area contributed by atoms with Crippen LogP contribution in [0.3, 0.4) is 0 Å². The van der Waals surface area contributed by atoms with Crippen molar-refractivity contribution in [1.29, 1.82) is 5.26 Å². The second-order valence-corrected chi connectivity index (χ2v) is 5.46. The van der Waals surface area contributed by atoms with Crippen molar-refractivity contribution in [3.8, 4) is 11.8 Å². The van der Waals surface area contributed by atoms with E-state index >= 15 is 0 Å². The summed E-state index contributed by atoms with van der Waals surface area (Å²) >= 11 is 6.15. The number of benzene rings is 2. The molecule has 3 heteroatoms. The second-order valence-electron chi connectivity index (χ2n) is 5.06. The number of nitriles is 1. The molecule has 0 amide bonds. The van der Waals surface area contributed by atoms with Crippen LogP contribution < -0.4 is 4.74 Å². The van der Waals surface area contributed by atoms with Gasteiger partial charge < -0.3 is 4.74 Å². The maximum atomic E-state index is 9.37. The Morgan fingerprint density at radius 3 is 2.50 bits per heavy atom. The van der Waals surface area contributed by atoms with Crippen LogP contribution in [0.1, 0.15) is 31.4 Å². The van der Waals surface area contributed by atoms with Gasteiger partial charge in [0.1, 0.15) is 5.75 Å². The first kappa shape index (κ1) is 16.1. The lowest BCUT2D eigenvalue weighted by Crippen LogP contribution is -2.09. The van der Waals surface area contributed by atoms with Gasteiger partial charge in [-0.25, -0.2) is 0 Å². The molecule has 0 saturated heterocycles. The predicted molar refractivity (Wildman–Crippen MR) is 91.8 cm³/mol.